The Morgan fingerprint density at radius 2 is 1.87 bits per heavy atom. The number of hydrogen-bond acceptors (Lipinski definition) is 3. The Morgan fingerprint density at radius 3 is 2.33 bits per heavy atom. The van der Waals surface area contributed by atoms with Crippen molar-refractivity contribution < 1.29 is 4.79 Å². The third-order valence-corrected chi connectivity index (χ3v) is 2.33. The summed E-state index contributed by atoms with van der Waals surface area (Å²) in [5, 5.41) is 2.83. The number of halogens is 1. The zero-order valence-electron chi connectivity index (χ0n) is 8.14. The highest BCUT2D eigenvalue weighted by Crippen LogP contribution is 2.18. The first-order chi connectivity index (χ1) is 6.66. The van der Waals surface area contributed by atoms with E-state index in [9.17, 15) is 4.79 Å². The van der Waals surface area contributed by atoms with Gasteiger partial charge in [-0.1, -0.05) is 0 Å². The number of nitrogens with two attached hydrogens (primary N) is 2. The van der Waals surface area contributed by atoms with Crippen molar-refractivity contribution in [1.29, 1.82) is 0 Å². The van der Waals surface area contributed by atoms with Crippen molar-refractivity contribution in [3.05, 3.63) is 29.8 Å². The largest absolute Gasteiger partial charge is 0.399 e. The van der Waals surface area contributed by atoms with Gasteiger partial charge in [-0.2, -0.15) is 0 Å². The van der Waals surface area contributed by atoms with Crippen molar-refractivity contribution in [3.8, 4) is 0 Å². The van der Waals surface area contributed by atoms with Crippen molar-refractivity contribution in [2.24, 2.45) is 5.73 Å². The molecule has 2 unspecified atom stereocenters. The Labute approximate surface area is 94.4 Å². The van der Waals surface area contributed by atoms with Crippen LogP contribution in [0.15, 0.2) is 24.3 Å². The van der Waals surface area contributed by atoms with Crippen LogP contribution in [0.5, 0.6) is 0 Å². The third-order valence-electron chi connectivity index (χ3n) is 2.33. The summed E-state index contributed by atoms with van der Waals surface area (Å²) in [4.78, 5) is 11.5. The summed E-state index contributed by atoms with van der Waals surface area (Å²) in [5.41, 5.74) is 12.4. The van der Waals surface area contributed by atoms with Gasteiger partial charge in [0.15, 0.2) is 0 Å². The van der Waals surface area contributed by atoms with Crippen LogP contribution >= 0.6 is 12.4 Å². The fourth-order valence-electron chi connectivity index (χ4n) is 1.27. The van der Waals surface area contributed by atoms with Gasteiger partial charge in [-0.15, -0.1) is 12.4 Å². The molecule has 1 amide bonds. The van der Waals surface area contributed by atoms with E-state index in [1.54, 1.807) is 24.3 Å². The molecular weight excluding hydrogens is 214 g/mol. The molecule has 0 radical (unpaired) electrons. The minimum atomic E-state index is -0.0806. The molecule has 0 saturated heterocycles. The van der Waals surface area contributed by atoms with Crippen LogP contribution in [0.25, 0.3) is 0 Å². The lowest BCUT2D eigenvalue weighted by Crippen LogP contribution is -2.29. The molecule has 5 N–H and O–H groups in total. The smallest absolute Gasteiger partial charge is 0.251 e. The van der Waals surface area contributed by atoms with Gasteiger partial charge in [-0.05, 0) is 30.7 Å². The van der Waals surface area contributed by atoms with Crippen molar-refractivity contribution in [2.75, 3.05) is 5.73 Å². The van der Waals surface area contributed by atoms with E-state index in [0.717, 1.165) is 6.42 Å². The van der Waals surface area contributed by atoms with E-state index in [2.05, 4.69) is 5.32 Å². The van der Waals surface area contributed by atoms with Gasteiger partial charge >= 0.3 is 0 Å². The summed E-state index contributed by atoms with van der Waals surface area (Å²) in [6, 6.07) is 7.12. The van der Waals surface area contributed by atoms with Gasteiger partial charge in [-0.25, -0.2) is 0 Å². The minimum absolute atomic E-state index is 0. The molecule has 2 atom stereocenters. The molecule has 1 aliphatic carbocycles. The van der Waals surface area contributed by atoms with E-state index < -0.39 is 0 Å². The Kier molecular flexibility index (Phi) is 3.55. The summed E-state index contributed by atoms with van der Waals surface area (Å²) in [6.07, 6.45) is 0.876. The highest BCUT2D eigenvalue weighted by molar-refractivity contribution is 5.94. The van der Waals surface area contributed by atoms with Gasteiger partial charge in [0.1, 0.15) is 0 Å². The first-order valence-electron chi connectivity index (χ1n) is 4.59. The number of rotatable bonds is 2. The molecule has 0 aliphatic heterocycles. The van der Waals surface area contributed by atoms with Crippen LogP contribution in [0.4, 0.5) is 5.69 Å². The Balaban J connectivity index is 0.00000112. The lowest BCUT2D eigenvalue weighted by Gasteiger charge is -2.03. The molecule has 1 aliphatic rings. The highest BCUT2D eigenvalue weighted by atomic mass is 35.5. The van der Waals surface area contributed by atoms with Gasteiger partial charge in [0, 0.05) is 23.3 Å². The second-order valence-corrected chi connectivity index (χ2v) is 3.60. The second kappa shape index (κ2) is 4.51. The van der Waals surface area contributed by atoms with Gasteiger partial charge in [0.05, 0.1) is 0 Å². The molecular formula is C10H14ClN3O. The van der Waals surface area contributed by atoms with E-state index in [-0.39, 0.29) is 30.4 Å². The van der Waals surface area contributed by atoms with E-state index in [1.165, 1.54) is 0 Å². The van der Waals surface area contributed by atoms with Crippen LogP contribution in [-0.4, -0.2) is 18.0 Å². The summed E-state index contributed by atoms with van der Waals surface area (Å²) in [5.74, 6) is -0.0806. The molecule has 15 heavy (non-hydrogen) atoms. The molecule has 0 spiro atoms. The normalized spacial score (nSPS) is 22.7. The molecule has 82 valence electrons. The zero-order valence-corrected chi connectivity index (χ0v) is 8.96. The van der Waals surface area contributed by atoms with E-state index in [4.69, 9.17) is 11.5 Å². The zero-order chi connectivity index (χ0) is 10.1. The van der Waals surface area contributed by atoms with E-state index >= 15 is 0 Å². The Hall–Kier alpha value is -1.26. The molecule has 4 nitrogen and oxygen atoms in total. The average molecular weight is 228 g/mol. The van der Waals surface area contributed by atoms with Crippen molar-refractivity contribution in [3.63, 3.8) is 0 Å². The van der Waals surface area contributed by atoms with Crippen molar-refractivity contribution >= 4 is 24.0 Å². The summed E-state index contributed by atoms with van der Waals surface area (Å²) in [7, 11) is 0. The first-order valence-corrected chi connectivity index (χ1v) is 4.59. The highest BCUT2D eigenvalue weighted by Gasteiger charge is 2.34. The Morgan fingerprint density at radius 1 is 1.33 bits per heavy atom. The number of carbonyl (C=O) groups excluding carboxylic acids is 1. The van der Waals surface area contributed by atoms with Gasteiger partial charge in [-0.3, -0.25) is 4.79 Å². The van der Waals surface area contributed by atoms with Crippen molar-refractivity contribution in [2.45, 2.75) is 18.5 Å². The second-order valence-electron chi connectivity index (χ2n) is 3.60. The number of hydrogen-bond donors (Lipinski definition) is 3. The molecule has 1 saturated carbocycles. The number of carbonyl (C=O) groups is 1. The predicted molar refractivity (Wildman–Crippen MR) is 61.9 cm³/mol. The maximum absolute atomic E-state index is 11.5. The lowest BCUT2D eigenvalue weighted by molar-refractivity contribution is 0.0950. The summed E-state index contributed by atoms with van der Waals surface area (Å²) in [6.45, 7) is 0. The summed E-state index contributed by atoms with van der Waals surface area (Å²) >= 11 is 0. The predicted octanol–water partition coefficient (Wildman–Crippen LogP) is 0.520. The standard InChI is InChI=1S/C10H13N3O.ClH/c11-7-3-1-6(2-4-7)10(14)13-9-5-8(9)12;/h1-4,8-9H,5,11-12H2,(H,13,14);1H. The number of nitrogens with one attached hydrogen (secondary N) is 1. The minimum Gasteiger partial charge on any atom is -0.399 e. The van der Waals surface area contributed by atoms with Crippen LogP contribution in [0.2, 0.25) is 0 Å². The maximum Gasteiger partial charge on any atom is 0.251 e. The quantitative estimate of drug-likeness (QED) is 0.645. The molecule has 0 heterocycles. The monoisotopic (exact) mass is 227 g/mol. The molecule has 2 rings (SSSR count). The van der Waals surface area contributed by atoms with Gasteiger partial charge in [0.25, 0.3) is 5.91 Å². The molecule has 1 aromatic carbocycles. The Bertz CT molecular complexity index is 352. The number of nitrogen functional groups attached to an aromatic ring is 1. The van der Waals surface area contributed by atoms with E-state index in [0.29, 0.717) is 11.3 Å². The van der Waals surface area contributed by atoms with Crippen LogP contribution in [0.1, 0.15) is 16.8 Å². The molecule has 1 fully saturated rings. The molecule has 0 aromatic heterocycles. The van der Waals surface area contributed by atoms with E-state index in [1.807, 2.05) is 0 Å². The number of benzene rings is 1. The van der Waals surface area contributed by atoms with Crippen molar-refractivity contribution in [1.82, 2.24) is 5.32 Å². The van der Waals surface area contributed by atoms with Crippen LogP contribution in [0.3, 0.4) is 0 Å². The van der Waals surface area contributed by atoms with Crippen LogP contribution < -0.4 is 16.8 Å². The molecule has 0 bridgehead atoms. The lowest BCUT2D eigenvalue weighted by atomic mass is 10.2. The third kappa shape index (κ3) is 2.84. The maximum atomic E-state index is 11.5. The average Bonchev–Trinajstić information content (AvgIpc) is 2.82. The number of amides is 1. The van der Waals surface area contributed by atoms with Gasteiger partial charge < -0.3 is 16.8 Å². The number of anilines is 1. The fraction of sp³-hybridized carbons (Fsp3) is 0.300. The van der Waals surface area contributed by atoms with Gasteiger partial charge in [0.2, 0.25) is 0 Å². The molecule has 5 heteroatoms. The van der Waals surface area contributed by atoms with Crippen LogP contribution in [0, 0.1) is 0 Å². The molecule has 1 aromatic rings. The van der Waals surface area contributed by atoms with Crippen LogP contribution in [-0.2, 0) is 0 Å². The topological polar surface area (TPSA) is 81.1 Å². The summed E-state index contributed by atoms with van der Waals surface area (Å²) < 4.78 is 0. The fourth-order valence-corrected chi connectivity index (χ4v) is 1.27. The SMILES string of the molecule is Cl.Nc1ccc(C(=O)NC2CC2N)cc1. The first kappa shape index (κ1) is 11.8.